The highest BCUT2D eigenvalue weighted by Crippen LogP contribution is 2.34. The molecule has 2 rings (SSSR count). The zero-order valence-electron chi connectivity index (χ0n) is 7.17. The molecule has 0 spiro atoms. The van der Waals surface area contributed by atoms with Gasteiger partial charge in [-0.15, -0.1) is 23.1 Å². The van der Waals surface area contributed by atoms with Gasteiger partial charge >= 0.3 is 0 Å². The van der Waals surface area contributed by atoms with Gasteiger partial charge in [0.1, 0.15) is 0 Å². The summed E-state index contributed by atoms with van der Waals surface area (Å²) in [6.45, 7) is 3.37. The number of nitrogens with one attached hydrogen (secondary N) is 1. The second-order valence-electron chi connectivity index (χ2n) is 2.86. The highest BCUT2D eigenvalue weighted by Gasteiger charge is 2.17. The maximum absolute atomic E-state index is 3.48. The van der Waals surface area contributed by atoms with Crippen molar-refractivity contribution in [2.75, 3.05) is 12.3 Å². The van der Waals surface area contributed by atoms with Crippen LogP contribution in [0.15, 0.2) is 12.1 Å². The van der Waals surface area contributed by atoms with Crippen molar-refractivity contribution in [3.05, 3.63) is 21.9 Å². The zero-order valence-corrected chi connectivity index (χ0v) is 8.80. The molecule has 1 aromatic heterocycles. The van der Waals surface area contributed by atoms with Crippen LogP contribution in [-0.4, -0.2) is 12.3 Å². The van der Waals surface area contributed by atoms with Crippen molar-refractivity contribution in [1.82, 2.24) is 5.32 Å². The Bertz CT molecular complexity index is 251. The van der Waals surface area contributed by atoms with E-state index in [1.807, 2.05) is 23.1 Å². The van der Waals surface area contributed by atoms with Crippen molar-refractivity contribution in [2.24, 2.45) is 0 Å². The number of thiophene rings is 1. The molecule has 3 heteroatoms. The molecule has 0 bridgehead atoms. The molecular weight excluding hydrogens is 186 g/mol. The predicted octanol–water partition coefficient (Wildman–Crippen LogP) is 2.65. The molecule has 1 atom stereocenters. The molecule has 0 aliphatic carbocycles. The summed E-state index contributed by atoms with van der Waals surface area (Å²) >= 11 is 3.97. The van der Waals surface area contributed by atoms with E-state index in [1.165, 1.54) is 21.9 Å². The minimum atomic E-state index is 0.579. The Kier molecular flexibility index (Phi) is 2.73. The summed E-state index contributed by atoms with van der Waals surface area (Å²) in [5, 5.41) is 4.06. The van der Waals surface area contributed by atoms with Gasteiger partial charge in [0.15, 0.2) is 0 Å². The van der Waals surface area contributed by atoms with E-state index in [1.54, 1.807) is 0 Å². The van der Waals surface area contributed by atoms with Crippen LogP contribution in [0.3, 0.4) is 0 Å². The van der Waals surface area contributed by atoms with Gasteiger partial charge in [-0.1, -0.05) is 6.92 Å². The number of thioether (sulfide) groups is 1. The molecule has 1 fully saturated rings. The molecule has 1 aromatic rings. The van der Waals surface area contributed by atoms with Gasteiger partial charge < -0.3 is 5.32 Å². The van der Waals surface area contributed by atoms with E-state index in [-0.39, 0.29) is 0 Å². The highest BCUT2D eigenvalue weighted by atomic mass is 32.2. The first-order valence-corrected chi connectivity index (χ1v) is 6.20. The number of hydrogen-bond donors (Lipinski definition) is 1. The molecule has 1 unspecified atom stereocenters. The summed E-state index contributed by atoms with van der Waals surface area (Å²) in [6.07, 6.45) is 1.17. The van der Waals surface area contributed by atoms with Crippen LogP contribution in [0.25, 0.3) is 0 Å². The first kappa shape index (κ1) is 8.60. The van der Waals surface area contributed by atoms with Gasteiger partial charge in [-0.2, -0.15) is 0 Å². The highest BCUT2D eigenvalue weighted by molar-refractivity contribution is 7.99. The second kappa shape index (κ2) is 3.81. The third kappa shape index (κ3) is 1.68. The van der Waals surface area contributed by atoms with Crippen molar-refractivity contribution in [2.45, 2.75) is 18.7 Å². The van der Waals surface area contributed by atoms with E-state index in [0.29, 0.717) is 5.37 Å². The summed E-state index contributed by atoms with van der Waals surface area (Å²) in [5.41, 5.74) is 0. The molecular formula is C9H13NS2. The Morgan fingerprint density at radius 1 is 1.58 bits per heavy atom. The molecule has 1 N–H and O–H groups in total. The third-order valence-electron chi connectivity index (χ3n) is 2.01. The van der Waals surface area contributed by atoms with Crippen LogP contribution in [-0.2, 0) is 6.42 Å². The van der Waals surface area contributed by atoms with Crippen LogP contribution in [0.2, 0.25) is 0 Å². The monoisotopic (exact) mass is 199 g/mol. The standard InChI is InChI=1S/C9H13NS2/c1-2-7-3-4-8(12-7)9-10-5-6-11-9/h3-4,9-10H,2,5-6H2,1H3. The van der Waals surface area contributed by atoms with E-state index in [2.05, 4.69) is 24.4 Å². The van der Waals surface area contributed by atoms with E-state index in [0.717, 1.165) is 6.54 Å². The van der Waals surface area contributed by atoms with Crippen LogP contribution in [0.4, 0.5) is 0 Å². The molecule has 1 aliphatic rings. The van der Waals surface area contributed by atoms with Crippen molar-refractivity contribution in [1.29, 1.82) is 0 Å². The maximum atomic E-state index is 3.48. The molecule has 66 valence electrons. The Hall–Kier alpha value is 0.01000. The molecule has 0 radical (unpaired) electrons. The topological polar surface area (TPSA) is 12.0 Å². The fraction of sp³-hybridized carbons (Fsp3) is 0.556. The van der Waals surface area contributed by atoms with Crippen molar-refractivity contribution in [3.8, 4) is 0 Å². The van der Waals surface area contributed by atoms with Gasteiger partial charge in [0.05, 0.1) is 5.37 Å². The van der Waals surface area contributed by atoms with E-state index >= 15 is 0 Å². The first-order valence-electron chi connectivity index (χ1n) is 4.33. The molecule has 2 heterocycles. The maximum Gasteiger partial charge on any atom is 0.0883 e. The van der Waals surface area contributed by atoms with E-state index in [4.69, 9.17) is 0 Å². The lowest BCUT2D eigenvalue weighted by Gasteiger charge is -2.04. The lowest BCUT2D eigenvalue weighted by molar-refractivity contribution is 0.761. The zero-order chi connectivity index (χ0) is 8.39. The second-order valence-corrected chi connectivity index (χ2v) is 5.28. The van der Waals surface area contributed by atoms with E-state index in [9.17, 15) is 0 Å². The largest absolute Gasteiger partial charge is 0.300 e. The molecule has 1 nitrogen and oxygen atoms in total. The molecule has 1 aliphatic heterocycles. The van der Waals surface area contributed by atoms with Gasteiger partial charge in [0, 0.05) is 22.1 Å². The van der Waals surface area contributed by atoms with Crippen molar-refractivity contribution < 1.29 is 0 Å². The van der Waals surface area contributed by atoms with Gasteiger partial charge in [-0.05, 0) is 18.6 Å². The Morgan fingerprint density at radius 3 is 3.08 bits per heavy atom. The molecule has 0 amide bonds. The van der Waals surface area contributed by atoms with Gasteiger partial charge in [-0.3, -0.25) is 0 Å². The van der Waals surface area contributed by atoms with Crippen LogP contribution >= 0.6 is 23.1 Å². The van der Waals surface area contributed by atoms with Crippen molar-refractivity contribution in [3.63, 3.8) is 0 Å². The smallest absolute Gasteiger partial charge is 0.0883 e. The quantitative estimate of drug-likeness (QED) is 0.786. The minimum absolute atomic E-state index is 0.579. The number of hydrogen-bond acceptors (Lipinski definition) is 3. The lowest BCUT2D eigenvalue weighted by atomic mass is 10.3. The predicted molar refractivity (Wildman–Crippen MR) is 56.9 cm³/mol. The van der Waals surface area contributed by atoms with Gasteiger partial charge in [-0.25, -0.2) is 0 Å². The average Bonchev–Trinajstić information content (AvgIpc) is 2.75. The van der Waals surface area contributed by atoms with Crippen LogP contribution < -0.4 is 5.32 Å². The van der Waals surface area contributed by atoms with Crippen LogP contribution in [0.5, 0.6) is 0 Å². The molecule has 0 saturated carbocycles. The van der Waals surface area contributed by atoms with Gasteiger partial charge in [0.2, 0.25) is 0 Å². The molecule has 0 aromatic carbocycles. The summed E-state index contributed by atoms with van der Waals surface area (Å²) in [7, 11) is 0. The average molecular weight is 199 g/mol. The van der Waals surface area contributed by atoms with Crippen LogP contribution in [0, 0.1) is 0 Å². The fourth-order valence-electron chi connectivity index (χ4n) is 1.33. The minimum Gasteiger partial charge on any atom is -0.300 e. The fourth-order valence-corrected chi connectivity index (χ4v) is 3.54. The Balaban J connectivity index is 2.11. The normalized spacial score (nSPS) is 23.2. The molecule has 1 saturated heterocycles. The summed E-state index contributed by atoms with van der Waals surface area (Å²) in [4.78, 5) is 2.99. The first-order chi connectivity index (χ1) is 5.90. The summed E-state index contributed by atoms with van der Waals surface area (Å²) in [6, 6.07) is 4.51. The van der Waals surface area contributed by atoms with E-state index < -0.39 is 0 Å². The third-order valence-corrected chi connectivity index (χ3v) is 4.64. The summed E-state index contributed by atoms with van der Waals surface area (Å²) in [5.74, 6) is 1.25. The van der Waals surface area contributed by atoms with Crippen LogP contribution in [0.1, 0.15) is 22.1 Å². The summed E-state index contributed by atoms with van der Waals surface area (Å²) < 4.78 is 0. The lowest BCUT2D eigenvalue weighted by Crippen LogP contribution is -2.10. The Morgan fingerprint density at radius 2 is 2.50 bits per heavy atom. The van der Waals surface area contributed by atoms with Crippen molar-refractivity contribution >= 4 is 23.1 Å². The van der Waals surface area contributed by atoms with Gasteiger partial charge in [0.25, 0.3) is 0 Å². The number of rotatable bonds is 2. The number of aryl methyl sites for hydroxylation is 1. The molecule has 12 heavy (non-hydrogen) atoms. The Labute approximate surface area is 81.6 Å². The SMILES string of the molecule is CCc1ccc(C2NCCS2)s1.